The van der Waals surface area contributed by atoms with Crippen molar-refractivity contribution >= 4 is 65.4 Å². The second-order valence-corrected chi connectivity index (χ2v) is 12.9. The average molecular weight is 458 g/mol. The minimum absolute atomic E-state index is 0.416. The van der Waals surface area contributed by atoms with Crippen LogP contribution in [0.15, 0.2) is 0 Å². The molecule has 0 aromatic carbocycles. The van der Waals surface area contributed by atoms with Crippen molar-refractivity contribution in [2.24, 2.45) is 5.92 Å². The van der Waals surface area contributed by atoms with Gasteiger partial charge >= 0.3 is 118 Å². The maximum absolute atomic E-state index is 2.51. The zero-order valence-electron chi connectivity index (χ0n) is 8.61. The van der Waals surface area contributed by atoms with Gasteiger partial charge in [0.1, 0.15) is 0 Å². The first kappa shape index (κ1) is 12.7. The van der Waals surface area contributed by atoms with Crippen molar-refractivity contribution in [2.75, 3.05) is 11.5 Å². The van der Waals surface area contributed by atoms with Gasteiger partial charge in [0.05, 0.1) is 0 Å². The van der Waals surface area contributed by atoms with Crippen LogP contribution in [-0.4, -0.2) is 63.9 Å². The number of hydrogen-bond donors (Lipinski definition) is 0. The van der Waals surface area contributed by atoms with Gasteiger partial charge in [-0.3, -0.25) is 0 Å². The first-order valence-electron chi connectivity index (χ1n) is 5.23. The standard InChI is InChI=1S/C10H18S2Te2/c1-8(4-13-6-9-2-11-9)5-14-7-10-3-12-10/h8-10H,2-7H2,1H3. The Bertz CT molecular complexity index is 152. The molecular weight excluding hydrogens is 439 g/mol. The predicted molar refractivity (Wildman–Crippen MR) is 72.4 cm³/mol. The van der Waals surface area contributed by atoms with Gasteiger partial charge in [-0.1, -0.05) is 0 Å². The van der Waals surface area contributed by atoms with E-state index in [0.29, 0.717) is 41.8 Å². The topological polar surface area (TPSA) is 0 Å². The Kier molecular flexibility index (Phi) is 6.26. The Morgan fingerprint density at radius 3 is 1.86 bits per heavy atom. The predicted octanol–water partition coefficient (Wildman–Crippen LogP) is 2.93. The molecule has 2 rings (SSSR count). The average Bonchev–Trinajstić information content (AvgIpc) is 2.99. The zero-order valence-corrected chi connectivity index (χ0v) is 14.9. The van der Waals surface area contributed by atoms with Crippen LogP contribution in [-0.2, 0) is 0 Å². The summed E-state index contributed by atoms with van der Waals surface area (Å²) in [4.78, 5) is 0. The van der Waals surface area contributed by atoms with Gasteiger partial charge < -0.3 is 0 Å². The zero-order chi connectivity index (χ0) is 9.80. The number of hydrogen-bond acceptors (Lipinski definition) is 2. The normalized spacial score (nSPS) is 31.5. The van der Waals surface area contributed by atoms with Crippen LogP contribution in [0.25, 0.3) is 0 Å². The Morgan fingerprint density at radius 2 is 1.50 bits per heavy atom. The Morgan fingerprint density at radius 1 is 1.07 bits per heavy atom. The summed E-state index contributed by atoms with van der Waals surface area (Å²) in [6.45, 7) is 2.51. The molecule has 2 aliphatic heterocycles. The molecule has 2 aliphatic rings. The summed E-state index contributed by atoms with van der Waals surface area (Å²) in [7, 11) is 0. The molecule has 2 unspecified atom stereocenters. The third-order valence-electron chi connectivity index (χ3n) is 2.22. The molecule has 2 atom stereocenters. The minimum atomic E-state index is 0.416. The van der Waals surface area contributed by atoms with E-state index in [4.69, 9.17) is 0 Å². The molecule has 0 amide bonds. The summed E-state index contributed by atoms with van der Waals surface area (Å²) in [6.07, 6.45) is 0. The first-order chi connectivity index (χ1) is 6.84. The van der Waals surface area contributed by atoms with Crippen LogP contribution in [0.1, 0.15) is 6.92 Å². The maximum atomic E-state index is 2.51. The van der Waals surface area contributed by atoms with Crippen LogP contribution in [0.2, 0.25) is 17.9 Å². The molecule has 2 heterocycles. The van der Waals surface area contributed by atoms with Crippen LogP contribution in [0.5, 0.6) is 0 Å². The Hall–Kier alpha value is 2.28. The molecule has 0 N–H and O–H groups in total. The third-order valence-corrected chi connectivity index (χ3v) is 13.7. The summed E-state index contributed by atoms with van der Waals surface area (Å²) in [6, 6.07) is 0. The Balaban J connectivity index is 1.38. The molecule has 0 radical (unpaired) electrons. The fourth-order valence-electron chi connectivity index (χ4n) is 1.18. The van der Waals surface area contributed by atoms with Crippen molar-refractivity contribution in [3.63, 3.8) is 0 Å². The summed E-state index contributed by atoms with van der Waals surface area (Å²) in [5.41, 5.74) is 0. The molecule has 2 fully saturated rings. The van der Waals surface area contributed by atoms with E-state index in [2.05, 4.69) is 30.4 Å². The fourth-order valence-corrected chi connectivity index (χ4v) is 13.1. The van der Waals surface area contributed by atoms with E-state index < -0.39 is 0 Å². The number of thioether (sulfide) groups is 2. The summed E-state index contributed by atoms with van der Waals surface area (Å²) in [5, 5.41) is 2.26. The fraction of sp³-hybridized carbons (Fsp3) is 1.00. The summed E-state index contributed by atoms with van der Waals surface area (Å²) >= 11 is 5.21. The molecule has 0 spiro atoms. The van der Waals surface area contributed by atoms with Gasteiger partial charge in [0.2, 0.25) is 0 Å². The van der Waals surface area contributed by atoms with E-state index in [0.717, 1.165) is 16.4 Å². The van der Waals surface area contributed by atoms with Crippen LogP contribution in [0.4, 0.5) is 0 Å². The van der Waals surface area contributed by atoms with Gasteiger partial charge in [-0.05, 0) is 0 Å². The van der Waals surface area contributed by atoms with Gasteiger partial charge in [0.15, 0.2) is 0 Å². The van der Waals surface area contributed by atoms with Crippen molar-refractivity contribution in [3.05, 3.63) is 0 Å². The van der Waals surface area contributed by atoms with Gasteiger partial charge in [0.25, 0.3) is 0 Å². The second-order valence-electron chi connectivity index (χ2n) is 4.09. The van der Waals surface area contributed by atoms with Crippen molar-refractivity contribution in [3.8, 4) is 0 Å². The van der Waals surface area contributed by atoms with Crippen LogP contribution >= 0.6 is 23.5 Å². The van der Waals surface area contributed by atoms with E-state index in [9.17, 15) is 0 Å². The van der Waals surface area contributed by atoms with E-state index in [1.54, 1.807) is 17.9 Å². The van der Waals surface area contributed by atoms with Crippen molar-refractivity contribution in [2.45, 2.75) is 35.3 Å². The molecular formula is C10H18S2Te2. The van der Waals surface area contributed by atoms with Gasteiger partial charge in [0, 0.05) is 0 Å². The third kappa shape index (κ3) is 6.12. The Labute approximate surface area is 117 Å². The molecule has 0 aromatic rings. The van der Waals surface area contributed by atoms with Crippen LogP contribution < -0.4 is 0 Å². The molecule has 2 saturated heterocycles. The molecule has 0 nitrogen and oxygen atoms in total. The summed E-state index contributed by atoms with van der Waals surface area (Å²) < 4.78 is 6.56. The van der Waals surface area contributed by atoms with Crippen molar-refractivity contribution < 1.29 is 0 Å². The number of rotatable bonds is 8. The van der Waals surface area contributed by atoms with Crippen LogP contribution in [0, 0.1) is 5.92 Å². The molecule has 82 valence electrons. The SMILES string of the molecule is CC(C[Te]CC1CS1)C[Te]CC1CS1. The molecule has 0 bridgehead atoms. The second kappa shape index (κ2) is 6.88. The molecule has 0 aromatic heterocycles. The molecule has 0 saturated carbocycles. The van der Waals surface area contributed by atoms with Crippen molar-refractivity contribution in [1.82, 2.24) is 0 Å². The quantitative estimate of drug-likeness (QED) is 0.406. The van der Waals surface area contributed by atoms with Crippen LogP contribution in [0.3, 0.4) is 0 Å². The van der Waals surface area contributed by atoms with Gasteiger partial charge in [-0.2, -0.15) is 0 Å². The summed E-state index contributed by atoms with van der Waals surface area (Å²) in [5.74, 6) is 4.09. The van der Waals surface area contributed by atoms with E-state index in [1.807, 2.05) is 0 Å². The van der Waals surface area contributed by atoms with Crippen molar-refractivity contribution in [1.29, 1.82) is 0 Å². The monoisotopic (exact) mass is 462 g/mol. The molecule has 4 heteroatoms. The first-order valence-corrected chi connectivity index (χ1v) is 13.9. The van der Waals surface area contributed by atoms with Gasteiger partial charge in [-0.25, -0.2) is 0 Å². The van der Waals surface area contributed by atoms with Gasteiger partial charge in [-0.15, -0.1) is 0 Å². The molecule has 0 aliphatic carbocycles. The van der Waals surface area contributed by atoms with E-state index >= 15 is 0 Å². The van der Waals surface area contributed by atoms with E-state index in [1.165, 1.54) is 11.5 Å². The molecule has 14 heavy (non-hydrogen) atoms. The van der Waals surface area contributed by atoms with E-state index in [-0.39, 0.29) is 0 Å².